The van der Waals surface area contributed by atoms with Gasteiger partial charge < -0.3 is 19.6 Å². The number of carbonyl (C=O) groups is 1. The molecule has 1 fully saturated rings. The van der Waals surface area contributed by atoms with Gasteiger partial charge in [0.15, 0.2) is 5.60 Å². The van der Waals surface area contributed by atoms with Gasteiger partial charge in [-0.25, -0.2) is 9.97 Å². The monoisotopic (exact) mass is 369 g/mol. The van der Waals surface area contributed by atoms with Crippen molar-refractivity contribution in [3.05, 3.63) is 37.3 Å². The Bertz CT molecular complexity index is 793. The van der Waals surface area contributed by atoms with Crippen molar-refractivity contribution in [2.75, 3.05) is 24.5 Å². The van der Waals surface area contributed by atoms with Gasteiger partial charge in [0, 0.05) is 50.8 Å². The predicted octanol–water partition coefficient (Wildman–Crippen LogP) is 0.995. The number of rotatable bonds is 6. The Kier molecular flexibility index (Phi) is 4.99. The van der Waals surface area contributed by atoms with E-state index >= 15 is 0 Å². The highest BCUT2D eigenvalue weighted by atomic mass is 16.7. The highest BCUT2D eigenvalue weighted by Crippen LogP contribution is 2.34. The molecule has 4 rings (SSSR count). The van der Waals surface area contributed by atoms with Gasteiger partial charge in [-0.3, -0.25) is 9.78 Å². The molecule has 0 aliphatic carbocycles. The number of hydrogen-bond acceptors (Lipinski definition) is 7. The first kappa shape index (κ1) is 17.4. The molecule has 1 amide bonds. The van der Waals surface area contributed by atoms with Crippen LogP contribution in [-0.4, -0.2) is 56.4 Å². The Balaban J connectivity index is 1.27. The van der Waals surface area contributed by atoms with E-state index in [0.717, 1.165) is 38.2 Å². The Labute approximate surface area is 157 Å². The second kappa shape index (κ2) is 7.73. The Morgan fingerprint density at radius 1 is 1.30 bits per heavy atom. The van der Waals surface area contributed by atoms with Gasteiger partial charge in [-0.1, -0.05) is 5.16 Å². The lowest BCUT2D eigenvalue weighted by Crippen LogP contribution is -2.49. The summed E-state index contributed by atoms with van der Waals surface area (Å²) < 4.78 is 1.99. The summed E-state index contributed by atoms with van der Waals surface area (Å²) in [6.45, 7) is 2.97. The number of piperidine rings is 1. The summed E-state index contributed by atoms with van der Waals surface area (Å²) >= 11 is 0. The van der Waals surface area contributed by atoms with Gasteiger partial charge in [-0.2, -0.15) is 0 Å². The number of hydrogen-bond donors (Lipinski definition) is 1. The average molecular weight is 369 g/mol. The van der Waals surface area contributed by atoms with E-state index in [-0.39, 0.29) is 5.91 Å². The van der Waals surface area contributed by atoms with E-state index in [1.54, 1.807) is 31.1 Å². The summed E-state index contributed by atoms with van der Waals surface area (Å²) in [6.07, 6.45) is 13.7. The Hall–Kier alpha value is -2.97. The number of oxime groups is 1. The number of carbonyl (C=O) groups excluding carboxylic acids is 1. The van der Waals surface area contributed by atoms with Crippen LogP contribution in [0.4, 0.5) is 5.82 Å². The molecule has 2 aromatic heterocycles. The number of nitrogens with zero attached hydrogens (tertiary/aromatic N) is 6. The van der Waals surface area contributed by atoms with Gasteiger partial charge in [-0.05, 0) is 19.3 Å². The van der Waals surface area contributed by atoms with E-state index in [2.05, 4.69) is 30.3 Å². The topological polar surface area (TPSA) is 97.5 Å². The summed E-state index contributed by atoms with van der Waals surface area (Å²) in [6, 6.07) is 0. The van der Waals surface area contributed by atoms with E-state index in [1.165, 1.54) is 0 Å². The summed E-state index contributed by atoms with van der Waals surface area (Å²) in [5.74, 6) is 0.687. The minimum absolute atomic E-state index is 0.144. The van der Waals surface area contributed by atoms with Crippen LogP contribution in [-0.2, 0) is 16.2 Å². The maximum absolute atomic E-state index is 12.4. The summed E-state index contributed by atoms with van der Waals surface area (Å²) in [5.41, 5.74) is 0.0258. The fraction of sp³-hybridized carbons (Fsp3) is 0.500. The van der Waals surface area contributed by atoms with Crippen LogP contribution in [0.3, 0.4) is 0 Å². The molecule has 0 bridgehead atoms. The standard InChI is InChI=1S/C18H23N7O2/c26-17(22-4-2-8-24-10-7-20-14-24)15-11-18(27-23-15)3-1-9-25(13-18)16-12-19-5-6-21-16/h5-7,10,12,14H,1-4,8-9,11,13H2,(H,22,26)/t18-/m1/s1. The molecule has 9 nitrogen and oxygen atoms in total. The Morgan fingerprint density at radius 2 is 2.26 bits per heavy atom. The van der Waals surface area contributed by atoms with Crippen LogP contribution in [0.25, 0.3) is 0 Å². The Morgan fingerprint density at radius 3 is 3.07 bits per heavy atom. The smallest absolute Gasteiger partial charge is 0.269 e. The lowest BCUT2D eigenvalue weighted by molar-refractivity contribution is -0.114. The van der Waals surface area contributed by atoms with Gasteiger partial charge in [0.25, 0.3) is 5.91 Å². The molecule has 0 aromatic carbocycles. The zero-order chi connectivity index (χ0) is 18.5. The molecular weight excluding hydrogens is 346 g/mol. The first-order chi connectivity index (χ1) is 13.2. The average Bonchev–Trinajstić information content (AvgIpc) is 3.36. The van der Waals surface area contributed by atoms with Crippen molar-refractivity contribution < 1.29 is 9.63 Å². The highest BCUT2D eigenvalue weighted by Gasteiger charge is 2.44. The molecule has 142 valence electrons. The molecule has 1 N–H and O–H groups in total. The fourth-order valence-electron chi connectivity index (χ4n) is 3.59. The van der Waals surface area contributed by atoms with Crippen molar-refractivity contribution >= 4 is 17.4 Å². The molecule has 0 saturated carbocycles. The molecule has 2 aliphatic heterocycles. The zero-order valence-electron chi connectivity index (χ0n) is 15.1. The quantitative estimate of drug-likeness (QED) is 0.763. The van der Waals surface area contributed by atoms with Crippen LogP contribution in [0.1, 0.15) is 25.7 Å². The molecule has 1 saturated heterocycles. The molecule has 1 spiro atoms. The van der Waals surface area contributed by atoms with Crippen molar-refractivity contribution in [2.24, 2.45) is 5.16 Å². The van der Waals surface area contributed by atoms with E-state index < -0.39 is 5.60 Å². The third kappa shape index (κ3) is 4.07. The normalized spacial score (nSPS) is 21.8. The number of aromatic nitrogens is 4. The van der Waals surface area contributed by atoms with E-state index in [1.807, 2.05) is 10.8 Å². The highest BCUT2D eigenvalue weighted by molar-refractivity contribution is 6.39. The molecule has 0 unspecified atom stereocenters. The van der Waals surface area contributed by atoms with Gasteiger partial charge in [-0.15, -0.1) is 0 Å². The summed E-state index contributed by atoms with van der Waals surface area (Å²) in [4.78, 5) is 32.8. The molecular formula is C18H23N7O2. The van der Waals surface area contributed by atoms with Gasteiger partial charge in [0.2, 0.25) is 0 Å². The molecule has 4 heterocycles. The van der Waals surface area contributed by atoms with Crippen molar-refractivity contribution in [3.8, 4) is 0 Å². The number of amides is 1. The van der Waals surface area contributed by atoms with Crippen LogP contribution >= 0.6 is 0 Å². The van der Waals surface area contributed by atoms with Crippen LogP contribution in [0.5, 0.6) is 0 Å². The van der Waals surface area contributed by atoms with Crippen LogP contribution in [0.2, 0.25) is 0 Å². The molecule has 1 atom stereocenters. The zero-order valence-corrected chi connectivity index (χ0v) is 15.1. The maximum atomic E-state index is 12.4. The van der Waals surface area contributed by atoms with Crippen molar-refractivity contribution in [3.63, 3.8) is 0 Å². The number of anilines is 1. The summed E-state index contributed by atoms with van der Waals surface area (Å²) in [7, 11) is 0. The number of aryl methyl sites for hydroxylation is 1. The SMILES string of the molecule is O=C(NCCCn1ccnc1)C1=NO[C@]2(CCCN(c3cnccn3)C2)C1. The maximum Gasteiger partial charge on any atom is 0.269 e. The molecule has 0 radical (unpaired) electrons. The van der Waals surface area contributed by atoms with Crippen LogP contribution in [0.15, 0.2) is 42.5 Å². The minimum Gasteiger partial charge on any atom is -0.386 e. The third-order valence-electron chi connectivity index (χ3n) is 4.95. The van der Waals surface area contributed by atoms with Crippen LogP contribution in [0, 0.1) is 0 Å². The van der Waals surface area contributed by atoms with E-state index in [0.29, 0.717) is 25.2 Å². The van der Waals surface area contributed by atoms with Crippen molar-refractivity contribution in [2.45, 2.75) is 37.8 Å². The largest absolute Gasteiger partial charge is 0.386 e. The fourth-order valence-corrected chi connectivity index (χ4v) is 3.59. The molecule has 27 heavy (non-hydrogen) atoms. The van der Waals surface area contributed by atoms with Gasteiger partial charge >= 0.3 is 0 Å². The van der Waals surface area contributed by atoms with Crippen LogP contribution < -0.4 is 10.2 Å². The molecule has 9 heteroatoms. The predicted molar refractivity (Wildman–Crippen MR) is 99.2 cm³/mol. The molecule has 2 aliphatic rings. The number of nitrogens with one attached hydrogen (secondary N) is 1. The first-order valence-electron chi connectivity index (χ1n) is 9.24. The lowest BCUT2D eigenvalue weighted by atomic mass is 9.88. The number of imidazole rings is 1. The van der Waals surface area contributed by atoms with E-state index in [4.69, 9.17) is 4.84 Å². The van der Waals surface area contributed by atoms with Crippen molar-refractivity contribution in [1.82, 2.24) is 24.8 Å². The lowest BCUT2D eigenvalue weighted by Gasteiger charge is -2.38. The van der Waals surface area contributed by atoms with Crippen molar-refractivity contribution in [1.29, 1.82) is 0 Å². The minimum atomic E-state index is -0.445. The van der Waals surface area contributed by atoms with Gasteiger partial charge in [0.1, 0.15) is 11.5 Å². The van der Waals surface area contributed by atoms with E-state index in [9.17, 15) is 4.79 Å². The second-order valence-electron chi connectivity index (χ2n) is 6.99. The third-order valence-corrected chi connectivity index (χ3v) is 4.95. The van der Waals surface area contributed by atoms with Gasteiger partial charge in [0.05, 0.1) is 19.1 Å². The second-order valence-corrected chi connectivity index (χ2v) is 6.99. The molecule has 2 aromatic rings. The summed E-state index contributed by atoms with van der Waals surface area (Å²) in [5, 5.41) is 7.03. The first-order valence-corrected chi connectivity index (χ1v) is 9.24.